The Bertz CT molecular complexity index is 479. The van der Waals surface area contributed by atoms with Crippen molar-refractivity contribution in [2.75, 3.05) is 0 Å². The van der Waals surface area contributed by atoms with Gasteiger partial charge in [0.2, 0.25) is 0 Å². The Morgan fingerprint density at radius 1 is 1.41 bits per heavy atom. The summed E-state index contributed by atoms with van der Waals surface area (Å²) in [5.74, 6) is -1.40. The summed E-state index contributed by atoms with van der Waals surface area (Å²) in [6, 6.07) is 4.25. The Balaban J connectivity index is 3.21. The van der Waals surface area contributed by atoms with Crippen molar-refractivity contribution in [2.45, 2.75) is 12.3 Å². The lowest BCUT2D eigenvalue weighted by atomic mass is 10.0. The lowest BCUT2D eigenvalue weighted by Gasteiger charge is -2.10. The second-order valence-corrected chi connectivity index (χ2v) is 3.89. The molecule has 0 amide bonds. The molecule has 0 aromatic heterocycles. The molecule has 4 nitrogen and oxygen atoms in total. The van der Waals surface area contributed by atoms with Crippen LogP contribution in [0.1, 0.15) is 23.4 Å². The molecule has 17 heavy (non-hydrogen) atoms. The number of rotatable bonds is 4. The van der Waals surface area contributed by atoms with Crippen molar-refractivity contribution >= 4 is 29.4 Å². The van der Waals surface area contributed by atoms with Crippen molar-refractivity contribution in [2.24, 2.45) is 0 Å². The molecule has 0 bridgehead atoms. The fraction of sp³-hybridized carbons (Fsp3) is 0.167. The number of alkyl halides is 1. The third kappa shape index (κ3) is 3.60. The van der Waals surface area contributed by atoms with Crippen molar-refractivity contribution in [3.63, 3.8) is 0 Å². The minimum absolute atomic E-state index is 0.0284. The number of phenols is 1. The Kier molecular flexibility index (Phi) is 4.29. The monoisotopic (exact) mass is 254 g/mol. The van der Waals surface area contributed by atoms with Crippen molar-refractivity contribution in [1.29, 1.82) is 0 Å². The van der Waals surface area contributed by atoms with Gasteiger partial charge in [-0.05, 0) is 36.3 Å². The van der Waals surface area contributed by atoms with E-state index in [1.165, 1.54) is 31.2 Å². The number of carboxylic acid groups (broad SMARTS) is 1. The van der Waals surface area contributed by atoms with E-state index in [1.54, 1.807) is 0 Å². The van der Waals surface area contributed by atoms with Gasteiger partial charge in [-0.1, -0.05) is 6.07 Å². The van der Waals surface area contributed by atoms with Crippen molar-refractivity contribution in [1.82, 2.24) is 0 Å². The minimum atomic E-state index is -1.10. The normalized spacial score (nSPS) is 12.6. The first-order valence-corrected chi connectivity index (χ1v) is 5.24. The summed E-state index contributed by atoms with van der Waals surface area (Å²) in [6.07, 6.45) is 2.27. The van der Waals surface area contributed by atoms with Crippen molar-refractivity contribution in [3.05, 3.63) is 35.4 Å². The summed E-state index contributed by atoms with van der Waals surface area (Å²) in [5.41, 5.74) is 0.872. The van der Waals surface area contributed by atoms with Gasteiger partial charge in [0.25, 0.3) is 0 Å². The quantitative estimate of drug-likeness (QED) is 0.639. The third-order valence-electron chi connectivity index (χ3n) is 2.11. The number of hydrogen-bond acceptors (Lipinski definition) is 3. The second-order valence-electron chi connectivity index (χ2n) is 3.46. The summed E-state index contributed by atoms with van der Waals surface area (Å²) < 4.78 is 0. The Labute approximate surface area is 103 Å². The molecule has 0 spiro atoms. The highest BCUT2D eigenvalue weighted by atomic mass is 35.5. The molecule has 5 heteroatoms. The van der Waals surface area contributed by atoms with Crippen LogP contribution in [0.5, 0.6) is 5.75 Å². The van der Waals surface area contributed by atoms with E-state index in [4.69, 9.17) is 16.7 Å². The number of Topliss-reactive ketones (excluding diaryl/α,β-unsaturated/α-hetero) is 1. The molecule has 0 aliphatic carbocycles. The predicted octanol–water partition coefficient (Wildman–Crippen LogP) is 2.36. The van der Waals surface area contributed by atoms with E-state index in [9.17, 15) is 14.7 Å². The molecule has 1 atom stereocenters. The highest BCUT2D eigenvalue weighted by molar-refractivity contribution is 6.31. The molecule has 0 aliphatic heterocycles. The fourth-order valence-electron chi connectivity index (χ4n) is 1.31. The molecule has 1 aromatic rings. The molecule has 1 aromatic carbocycles. The highest BCUT2D eigenvalue weighted by Crippen LogP contribution is 2.29. The molecule has 0 saturated heterocycles. The van der Waals surface area contributed by atoms with Crippen LogP contribution in [0, 0.1) is 0 Å². The molecule has 0 heterocycles. The topological polar surface area (TPSA) is 74.6 Å². The number of benzene rings is 1. The average Bonchev–Trinajstić information content (AvgIpc) is 2.26. The van der Waals surface area contributed by atoms with Gasteiger partial charge >= 0.3 is 5.97 Å². The summed E-state index contributed by atoms with van der Waals surface area (Å²) in [4.78, 5) is 21.6. The number of ketones is 1. The van der Waals surface area contributed by atoms with E-state index in [0.29, 0.717) is 11.1 Å². The third-order valence-corrected chi connectivity index (χ3v) is 2.65. The molecule has 0 aliphatic rings. The summed E-state index contributed by atoms with van der Waals surface area (Å²) in [7, 11) is 0. The van der Waals surface area contributed by atoms with Crippen LogP contribution >= 0.6 is 11.6 Å². The summed E-state index contributed by atoms with van der Waals surface area (Å²) >= 11 is 5.89. The van der Waals surface area contributed by atoms with Crippen molar-refractivity contribution in [3.8, 4) is 5.75 Å². The van der Waals surface area contributed by atoms with Crippen LogP contribution in [0.2, 0.25) is 0 Å². The molecule has 0 saturated carbocycles. The van der Waals surface area contributed by atoms with Gasteiger partial charge in [0, 0.05) is 6.08 Å². The zero-order chi connectivity index (χ0) is 13.0. The number of carbonyl (C=O) groups is 2. The molecule has 2 N–H and O–H groups in total. The van der Waals surface area contributed by atoms with Crippen LogP contribution in [0.3, 0.4) is 0 Å². The standard InChI is InChI=1S/C12H11ClO4/c1-7(14)12(13)10-6-9(15)4-2-8(10)3-5-11(16)17/h2-6,12,15H,1H3,(H,16,17). The Hall–Kier alpha value is -1.81. The van der Waals surface area contributed by atoms with Crippen molar-refractivity contribution < 1.29 is 19.8 Å². The minimum Gasteiger partial charge on any atom is -0.508 e. The maximum absolute atomic E-state index is 11.2. The number of halogens is 1. The first-order valence-electron chi connectivity index (χ1n) is 4.80. The number of phenolic OH excluding ortho intramolecular Hbond substituents is 1. The fourth-order valence-corrected chi connectivity index (χ4v) is 1.50. The number of carboxylic acids is 1. The van der Waals surface area contributed by atoms with Gasteiger partial charge in [-0.3, -0.25) is 4.79 Å². The number of hydrogen-bond donors (Lipinski definition) is 2. The SMILES string of the molecule is CC(=O)C(Cl)c1cc(O)ccc1C=CC(=O)O. The number of aromatic hydroxyl groups is 1. The molecule has 1 unspecified atom stereocenters. The molecule has 90 valence electrons. The van der Waals surface area contributed by atoms with Gasteiger partial charge in [-0.2, -0.15) is 0 Å². The molecular weight excluding hydrogens is 244 g/mol. The first-order chi connectivity index (χ1) is 7.91. The van der Waals surface area contributed by atoms with Crippen LogP contribution in [-0.2, 0) is 9.59 Å². The smallest absolute Gasteiger partial charge is 0.328 e. The lowest BCUT2D eigenvalue weighted by Crippen LogP contribution is -2.03. The zero-order valence-electron chi connectivity index (χ0n) is 9.05. The van der Waals surface area contributed by atoms with Gasteiger partial charge in [-0.25, -0.2) is 4.79 Å². The summed E-state index contributed by atoms with van der Waals surface area (Å²) in [6.45, 7) is 1.33. The maximum atomic E-state index is 11.2. The number of aliphatic carboxylic acids is 1. The second kappa shape index (κ2) is 5.50. The van der Waals surface area contributed by atoms with Gasteiger partial charge in [0.1, 0.15) is 11.1 Å². The van der Waals surface area contributed by atoms with E-state index in [0.717, 1.165) is 6.08 Å². The molecular formula is C12H11ClO4. The van der Waals surface area contributed by atoms with Gasteiger partial charge < -0.3 is 10.2 Å². The van der Waals surface area contributed by atoms with E-state index < -0.39 is 11.3 Å². The maximum Gasteiger partial charge on any atom is 0.328 e. The van der Waals surface area contributed by atoms with Gasteiger partial charge in [0.15, 0.2) is 5.78 Å². The van der Waals surface area contributed by atoms with Crippen LogP contribution in [0.4, 0.5) is 0 Å². The number of carbonyl (C=O) groups excluding carboxylic acids is 1. The molecule has 0 radical (unpaired) electrons. The van der Waals surface area contributed by atoms with Crippen LogP contribution in [-0.4, -0.2) is 22.0 Å². The van der Waals surface area contributed by atoms with Crippen LogP contribution in [0.15, 0.2) is 24.3 Å². The van der Waals surface area contributed by atoms with E-state index in [-0.39, 0.29) is 11.5 Å². The predicted molar refractivity (Wildman–Crippen MR) is 64.1 cm³/mol. The van der Waals surface area contributed by atoms with Gasteiger partial charge in [0.05, 0.1) is 0 Å². The molecule has 1 rings (SSSR count). The highest BCUT2D eigenvalue weighted by Gasteiger charge is 2.16. The largest absolute Gasteiger partial charge is 0.508 e. The van der Waals surface area contributed by atoms with E-state index in [2.05, 4.69) is 0 Å². The van der Waals surface area contributed by atoms with Crippen LogP contribution < -0.4 is 0 Å². The Morgan fingerprint density at radius 2 is 2.06 bits per heavy atom. The van der Waals surface area contributed by atoms with E-state index in [1.807, 2.05) is 0 Å². The zero-order valence-corrected chi connectivity index (χ0v) is 9.81. The van der Waals surface area contributed by atoms with E-state index >= 15 is 0 Å². The lowest BCUT2D eigenvalue weighted by molar-refractivity contribution is -0.131. The average molecular weight is 255 g/mol. The van der Waals surface area contributed by atoms with Crippen LogP contribution in [0.25, 0.3) is 6.08 Å². The Morgan fingerprint density at radius 3 is 2.59 bits per heavy atom. The summed E-state index contributed by atoms with van der Waals surface area (Å²) in [5, 5.41) is 17.0. The first kappa shape index (κ1) is 13.3. The molecule has 0 fully saturated rings. The van der Waals surface area contributed by atoms with Gasteiger partial charge in [-0.15, -0.1) is 11.6 Å².